The van der Waals surface area contributed by atoms with E-state index < -0.39 is 0 Å². The molecule has 2 saturated carbocycles. The summed E-state index contributed by atoms with van der Waals surface area (Å²) in [6.45, 7) is 10.6. The number of aliphatic hydroxyl groups excluding tert-OH is 1. The minimum Gasteiger partial charge on any atom is -0.448 e. The first-order chi connectivity index (χ1) is 22.7. The molecule has 2 aromatic rings. The number of piperidine rings is 1. The van der Waals surface area contributed by atoms with Gasteiger partial charge in [-0.25, -0.2) is 4.79 Å². The number of fused-ring (bicyclic) bond motifs is 9. The van der Waals surface area contributed by atoms with E-state index in [1.54, 1.807) is 5.57 Å². The summed E-state index contributed by atoms with van der Waals surface area (Å²) < 4.78 is 13.6. The molecule has 2 aromatic carbocycles. The first-order valence-corrected chi connectivity index (χ1v) is 18.6. The predicted octanol–water partition coefficient (Wildman–Crippen LogP) is 8.66. The number of hydrogen-bond acceptors (Lipinski definition) is 4. The maximum absolute atomic E-state index is 14.1. The molecule has 4 fully saturated rings. The molecule has 7 aliphatic rings. The van der Waals surface area contributed by atoms with Gasteiger partial charge in [-0.1, -0.05) is 86.5 Å². The fourth-order valence-corrected chi connectivity index (χ4v) is 12.2. The van der Waals surface area contributed by atoms with E-state index in [0.29, 0.717) is 30.3 Å². The second-order valence-electron chi connectivity index (χ2n) is 16.7. The Kier molecular flexibility index (Phi) is 6.94. The van der Waals surface area contributed by atoms with Crippen LogP contribution in [0.3, 0.4) is 0 Å². The predicted molar refractivity (Wildman–Crippen MR) is 184 cm³/mol. The number of benzene rings is 2. The van der Waals surface area contributed by atoms with Crippen molar-refractivity contribution in [2.24, 2.45) is 35.0 Å². The number of carbonyl (C=O) groups is 1. The molecule has 1 N–H and O–H groups in total. The van der Waals surface area contributed by atoms with Crippen molar-refractivity contribution in [3.05, 3.63) is 82.5 Å². The molecule has 0 aromatic heterocycles. The highest BCUT2D eigenvalue weighted by Gasteiger charge is 2.62. The third kappa shape index (κ3) is 4.30. The summed E-state index contributed by atoms with van der Waals surface area (Å²) in [6, 6.07) is 17.1. The Balaban J connectivity index is 0.971. The summed E-state index contributed by atoms with van der Waals surface area (Å²) in [5, 5.41) is 10.5. The highest BCUT2D eigenvalue weighted by molar-refractivity contribution is 5.79. The van der Waals surface area contributed by atoms with E-state index in [9.17, 15) is 9.90 Å². The monoisotopic (exact) mass is 633 g/mol. The van der Waals surface area contributed by atoms with Gasteiger partial charge >= 0.3 is 6.09 Å². The van der Waals surface area contributed by atoms with Crippen LogP contribution in [0.5, 0.6) is 0 Å². The number of amides is 1. The van der Waals surface area contributed by atoms with Gasteiger partial charge < -0.3 is 19.5 Å². The number of likely N-dealkylation sites (tertiary alicyclic amines) is 1. The molecule has 10 atom stereocenters. The Morgan fingerprint density at radius 1 is 1.02 bits per heavy atom. The molecule has 5 heteroatoms. The molecule has 2 aliphatic heterocycles. The van der Waals surface area contributed by atoms with Crippen LogP contribution in [-0.2, 0) is 9.47 Å². The van der Waals surface area contributed by atoms with Crippen molar-refractivity contribution >= 4 is 6.09 Å². The topological polar surface area (TPSA) is 59.0 Å². The molecule has 1 spiro atoms. The van der Waals surface area contributed by atoms with Gasteiger partial charge in [0.25, 0.3) is 0 Å². The van der Waals surface area contributed by atoms with Gasteiger partial charge in [-0.15, -0.1) is 0 Å². The maximum atomic E-state index is 14.1. The zero-order valence-electron chi connectivity index (χ0n) is 28.6. The van der Waals surface area contributed by atoms with E-state index in [4.69, 9.17) is 9.47 Å². The van der Waals surface area contributed by atoms with Gasteiger partial charge in [0.15, 0.2) is 0 Å². The number of ether oxygens (including phenoxy) is 2. The van der Waals surface area contributed by atoms with Gasteiger partial charge in [0, 0.05) is 18.4 Å². The molecule has 0 bridgehead atoms. The smallest absolute Gasteiger partial charge is 0.410 e. The van der Waals surface area contributed by atoms with E-state index in [0.717, 1.165) is 45.1 Å². The average Bonchev–Trinajstić information content (AvgIpc) is 3.70. The molecule has 2 saturated heterocycles. The van der Waals surface area contributed by atoms with Crippen LogP contribution in [0.15, 0.2) is 71.3 Å². The molecule has 5 aliphatic carbocycles. The van der Waals surface area contributed by atoms with Gasteiger partial charge in [0.05, 0.1) is 23.9 Å². The van der Waals surface area contributed by atoms with Crippen LogP contribution in [0, 0.1) is 35.0 Å². The van der Waals surface area contributed by atoms with Gasteiger partial charge in [-0.2, -0.15) is 0 Å². The summed E-state index contributed by atoms with van der Waals surface area (Å²) >= 11 is 0. The summed E-state index contributed by atoms with van der Waals surface area (Å²) in [7, 11) is 0. The minimum atomic E-state index is -0.305. The van der Waals surface area contributed by atoms with Crippen LogP contribution in [-0.4, -0.2) is 53.1 Å². The normalized spacial score (nSPS) is 40.3. The van der Waals surface area contributed by atoms with Gasteiger partial charge in [0.2, 0.25) is 0 Å². The summed E-state index contributed by atoms with van der Waals surface area (Å²) in [5.74, 6) is 2.65. The lowest BCUT2D eigenvalue weighted by Crippen LogP contribution is -2.54. The molecule has 47 heavy (non-hydrogen) atoms. The van der Waals surface area contributed by atoms with Crippen molar-refractivity contribution in [1.82, 2.24) is 4.90 Å². The number of hydrogen-bond donors (Lipinski definition) is 1. The molecular weight excluding hydrogens is 582 g/mol. The molecular formula is C42H51NO4. The SMILES string of the molecule is CC1=C2C[C@H]3C(CC=C4C[C@@H](O)CC[C@@]43C)C2CC[C@]12O[C@@H]1C[C@H](C)CN(C(=O)OCC3c4ccccc4-c4ccccc43)[C@H]1[C@H]2C. The van der Waals surface area contributed by atoms with Crippen molar-refractivity contribution in [2.45, 2.75) is 109 Å². The van der Waals surface area contributed by atoms with Crippen molar-refractivity contribution < 1.29 is 19.4 Å². The van der Waals surface area contributed by atoms with Gasteiger partial charge in [0.1, 0.15) is 6.61 Å². The lowest BCUT2D eigenvalue weighted by atomic mass is 9.56. The fourth-order valence-electron chi connectivity index (χ4n) is 12.2. The van der Waals surface area contributed by atoms with E-state index in [-0.39, 0.29) is 47.2 Å². The molecule has 1 amide bonds. The number of carbonyl (C=O) groups excluding carboxylic acids is 1. The highest BCUT2D eigenvalue weighted by Crippen LogP contribution is 2.65. The Morgan fingerprint density at radius 3 is 2.49 bits per heavy atom. The van der Waals surface area contributed by atoms with Gasteiger partial charge in [-0.3, -0.25) is 0 Å². The first-order valence-electron chi connectivity index (χ1n) is 18.6. The third-order valence-corrected chi connectivity index (χ3v) is 14.6. The second kappa shape index (κ2) is 10.8. The van der Waals surface area contributed by atoms with Gasteiger partial charge in [-0.05, 0) is 115 Å². The van der Waals surface area contributed by atoms with E-state index >= 15 is 0 Å². The fraction of sp³-hybridized carbons (Fsp3) is 0.595. The van der Waals surface area contributed by atoms with Crippen LogP contribution >= 0.6 is 0 Å². The number of aliphatic hydroxyl groups is 1. The average molecular weight is 634 g/mol. The van der Waals surface area contributed by atoms with Crippen molar-refractivity contribution in [2.75, 3.05) is 13.2 Å². The quantitative estimate of drug-likeness (QED) is 0.336. The number of rotatable bonds is 2. The molecule has 248 valence electrons. The van der Waals surface area contributed by atoms with Crippen molar-refractivity contribution in [3.63, 3.8) is 0 Å². The largest absolute Gasteiger partial charge is 0.448 e. The minimum absolute atomic E-state index is 0.0308. The lowest BCUT2D eigenvalue weighted by molar-refractivity contribution is -0.0637. The Labute approximate surface area is 280 Å². The Hall–Kier alpha value is -2.89. The molecule has 9 rings (SSSR count). The zero-order valence-corrected chi connectivity index (χ0v) is 28.6. The van der Waals surface area contributed by atoms with E-state index in [1.807, 2.05) is 0 Å². The first kappa shape index (κ1) is 30.2. The van der Waals surface area contributed by atoms with E-state index in [1.165, 1.54) is 46.2 Å². The summed E-state index contributed by atoms with van der Waals surface area (Å²) in [4.78, 5) is 16.2. The zero-order chi connectivity index (χ0) is 32.2. The number of nitrogens with zero attached hydrogens (tertiary/aromatic N) is 1. The van der Waals surface area contributed by atoms with Crippen LogP contribution in [0.1, 0.15) is 96.1 Å². The second-order valence-corrected chi connectivity index (χ2v) is 16.7. The summed E-state index contributed by atoms with van der Waals surface area (Å²) in [5.41, 5.74) is 9.58. The Morgan fingerprint density at radius 2 is 1.74 bits per heavy atom. The highest BCUT2D eigenvalue weighted by atomic mass is 16.6. The summed E-state index contributed by atoms with van der Waals surface area (Å²) in [6.07, 6.45) is 10.6. The van der Waals surface area contributed by atoms with Crippen LogP contribution in [0.4, 0.5) is 4.79 Å². The molecule has 5 nitrogen and oxygen atoms in total. The number of allylic oxidation sites excluding steroid dienone is 2. The molecule has 2 unspecified atom stereocenters. The standard InChI is InChI=1S/C42H51NO4/c1-24-19-38-39(43(22-24)40(45)46-23-36-31-11-7-5-9-29(31)30-10-6-8-12-32(30)36)26(3)42(47-38)18-16-33-34-14-13-27-20-28(44)15-17-41(27,4)37(34)21-35(33)25(42)2/h5-13,24,26,28,33-34,36-39,44H,14-23H2,1-4H3/t24-,26+,28-,33?,34?,37-,38+,39-,41-,42-/m0/s1. The third-order valence-electron chi connectivity index (χ3n) is 14.6. The van der Waals surface area contributed by atoms with Crippen LogP contribution in [0.25, 0.3) is 11.1 Å². The van der Waals surface area contributed by atoms with Crippen molar-refractivity contribution in [3.8, 4) is 11.1 Å². The van der Waals surface area contributed by atoms with Crippen LogP contribution in [0.2, 0.25) is 0 Å². The van der Waals surface area contributed by atoms with Crippen LogP contribution < -0.4 is 0 Å². The van der Waals surface area contributed by atoms with E-state index in [2.05, 4.69) is 87.2 Å². The Bertz CT molecular complexity index is 1630. The molecule has 0 radical (unpaired) electrons. The molecule has 2 heterocycles. The lowest BCUT2D eigenvalue weighted by Gasteiger charge is -2.49. The maximum Gasteiger partial charge on any atom is 0.410 e. The van der Waals surface area contributed by atoms with Crippen molar-refractivity contribution in [1.29, 1.82) is 0 Å².